The van der Waals surface area contributed by atoms with Gasteiger partial charge in [-0.25, -0.2) is 17.5 Å². The Labute approximate surface area is 183 Å². The summed E-state index contributed by atoms with van der Waals surface area (Å²) in [5, 5.41) is 20.7. The monoisotopic (exact) mass is 454 g/mol. The van der Waals surface area contributed by atoms with Crippen molar-refractivity contribution in [2.75, 3.05) is 0 Å². The van der Waals surface area contributed by atoms with E-state index >= 15 is 0 Å². The van der Waals surface area contributed by atoms with Crippen molar-refractivity contribution in [3.63, 3.8) is 0 Å². The van der Waals surface area contributed by atoms with Crippen molar-refractivity contribution in [2.45, 2.75) is 18.4 Å². The van der Waals surface area contributed by atoms with Gasteiger partial charge >= 0.3 is 5.97 Å². The molecule has 3 aromatic rings. The van der Waals surface area contributed by atoms with Crippen molar-refractivity contribution in [3.05, 3.63) is 105 Å². The van der Waals surface area contributed by atoms with E-state index in [4.69, 9.17) is 0 Å². The number of nitrogens with zero attached hydrogens (tertiary/aromatic N) is 2. The number of nitro benzene ring substituents is 1. The number of benzene rings is 3. The van der Waals surface area contributed by atoms with E-state index in [1.165, 1.54) is 43.3 Å². The number of rotatable bonds is 7. The molecule has 32 heavy (non-hydrogen) atoms. The number of carboxylic acids is 1. The number of carbonyl (C=O) groups is 2. The van der Waals surface area contributed by atoms with Crippen LogP contribution in [0, 0.1) is 17.0 Å². The van der Waals surface area contributed by atoms with Crippen molar-refractivity contribution in [1.29, 1.82) is 0 Å². The molecule has 0 saturated heterocycles. The first-order chi connectivity index (χ1) is 15.1. The Morgan fingerprint density at radius 3 is 2.16 bits per heavy atom. The van der Waals surface area contributed by atoms with Crippen LogP contribution in [0.1, 0.15) is 31.8 Å². The smallest absolute Gasteiger partial charge is 0.336 e. The Bertz CT molecular complexity index is 1300. The van der Waals surface area contributed by atoms with Crippen molar-refractivity contribution in [1.82, 2.24) is 4.31 Å². The standard InChI is InChI=1S/C22H18N2O7S/c1-15-11-12-17(13-20(15)24(28)29)32(30,31)23(14-16-7-3-2-4-8-16)21(25)18-9-5-6-10-19(18)22(26)27/h2-13H,14H2,1H3,(H,26,27). The number of aryl methyl sites for hydroxylation is 1. The highest BCUT2D eigenvalue weighted by molar-refractivity contribution is 7.89. The van der Waals surface area contributed by atoms with E-state index in [0.29, 0.717) is 9.87 Å². The number of aromatic carboxylic acids is 1. The molecule has 0 radical (unpaired) electrons. The van der Waals surface area contributed by atoms with Gasteiger partial charge in [-0.1, -0.05) is 48.5 Å². The van der Waals surface area contributed by atoms with E-state index < -0.39 is 44.0 Å². The molecule has 1 amide bonds. The molecular weight excluding hydrogens is 436 g/mol. The topological polar surface area (TPSA) is 135 Å². The van der Waals surface area contributed by atoms with Crippen LogP contribution in [0.25, 0.3) is 0 Å². The minimum atomic E-state index is -4.58. The average molecular weight is 454 g/mol. The number of carbonyl (C=O) groups excluding carboxylic acids is 1. The minimum absolute atomic E-state index is 0.256. The Morgan fingerprint density at radius 1 is 0.969 bits per heavy atom. The molecule has 0 atom stereocenters. The molecule has 3 rings (SSSR count). The van der Waals surface area contributed by atoms with Crippen LogP contribution < -0.4 is 0 Å². The zero-order valence-corrected chi connectivity index (χ0v) is 17.7. The summed E-state index contributed by atoms with van der Waals surface area (Å²) in [6.45, 7) is 1.07. The molecule has 0 unspecified atom stereocenters. The second-order valence-corrected chi connectivity index (χ2v) is 8.72. The summed E-state index contributed by atoms with van der Waals surface area (Å²) in [4.78, 5) is 35.1. The third-order valence-electron chi connectivity index (χ3n) is 4.75. The fourth-order valence-corrected chi connectivity index (χ4v) is 4.47. The lowest BCUT2D eigenvalue weighted by atomic mass is 10.1. The highest BCUT2D eigenvalue weighted by atomic mass is 32.2. The second-order valence-electron chi connectivity index (χ2n) is 6.86. The van der Waals surface area contributed by atoms with Gasteiger partial charge in [-0.2, -0.15) is 0 Å². The van der Waals surface area contributed by atoms with Crippen LogP contribution in [0.15, 0.2) is 77.7 Å². The van der Waals surface area contributed by atoms with Gasteiger partial charge in [0.1, 0.15) is 0 Å². The molecule has 0 aliphatic rings. The summed E-state index contributed by atoms with van der Waals surface area (Å²) in [6, 6.07) is 16.8. The molecule has 10 heteroatoms. The summed E-state index contributed by atoms with van der Waals surface area (Å²) < 4.78 is 27.4. The molecule has 0 bridgehead atoms. The predicted molar refractivity (Wildman–Crippen MR) is 115 cm³/mol. The average Bonchev–Trinajstić information content (AvgIpc) is 2.77. The lowest BCUT2D eigenvalue weighted by Crippen LogP contribution is -2.37. The molecule has 3 aromatic carbocycles. The van der Waals surface area contributed by atoms with Gasteiger partial charge in [0.05, 0.1) is 27.5 Å². The van der Waals surface area contributed by atoms with Crippen molar-refractivity contribution in [2.24, 2.45) is 0 Å². The van der Waals surface area contributed by atoms with Crippen LogP contribution in [-0.4, -0.2) is 34.6 Å². The highest BCUT2D eigenvalue weighted by Gasteiger charge is 2.33. The normalized spacial score (nSPS) is 11.0. The van der Waals surface area contributed by atoms with Crippen LogP contribution in [0.5, 0.6) is 0 Å². The minimum Gasteiger partial charge on any atom is -0.478 e. The van der Waals surface area contributed by atoms with E-state index in [9.17, 15) is 33.2 Å². The highest BCUT2D eigenvalue weighted by Crippen LogP contribution is 2.27. The first-order valence-electron chi connectivity index (χ1n) is 9.31. The zero-order chi connectivity index (χ0) is 23.5. The largest absolute Gasteiger partial charge is 0.478 e. The summed E-state index contributed by atoms with van der Waals surface area (Å²) >= 11 is 0. The molecular formula is C22H18N2O7S. The molecule has 0 heterocycles. The first-order valence-corrected chi connectivity index (χ1v) is 10.8. The number of hydrogen-bond donors (Lipinski definition) is 1. The summed E-state index contributed by atoms with van der Waals surface area (Å²) in [6.07, 6.45) is 0. The molecule has 0 fully saturated rings. The van der Waals surface area contributed by atoms with E-state index in [1.807, 2.05) is 0 Å². The Balaban J connectivity index is 2.17. The predicted octanol–water partition coefficient (Wildman–Crippen LogP) is 3.63. The summed E-state index contributed by atoms with van der Waals surface area (Å²) in [7, 11) is -4.58. The van der Waals surface area contributed by atoms with E-state index in [2.05, 4.69) is 0 Å². The molecule has 1 N–H and O–H groups in total. The van der Waals surface area contributed by atoms with Gasteiger partial charge in [-0.05, 0) is 30.7 Å². The lowest BCUT2D eigenvalue weighted by molar-refractivity contribution is -0.385. The Morgan fingerprint density at radius 2 is 1.56 bits per heavy atom. The van der Waals surface area contributed by atoms with Crippen LogP contribution >= 0.6 is 0 Å². The van der Waals surface area contributed by atoms with Gasteiger partial charge in [0.2, 0.25) is 0 Å². The van der Waals surface area contributed by atoms with E-state index in [0.717, 1.165) is 6.07 Å². The van der Waals surface area contributed by atoms with Crippen molar-refractivity contribution >= 4 is 27.6 Å². The number of nitro groups is 1. The molecule has 164 valence electrons. The third kappa shape index (κ3) is 4.49. The summed E-state index contributed by atoms with van der Waals surface area (Å²) in [5.74, 6) is -2.45. The van der Waals surface area contributed by atoms with Crippen molar-refractivity contribution < 1.29 is 28.0 Å². The zero-order valence-electron chi connectivity index (χ0n) is 16.8. The SMILES string of the molecule is Cc1ccc(S(=O)(=O)N(Cc2ccccc2)C(=O)c2ccccc2C(=O)O)cc1[N+](=O)[O-]. The van der Waals surface area contributed by atoms with Gasteiger partial charge in [-0.3, -0.25) is 14.9 Å². The second kappa shape index (κ2) is 8.98. The van der Waals surface area contributed by atoms with Crippen LogP contribution in [0.3, 0.4) is 0 Å². The maximum absolute atomic E-state index is 13.5. The Hall–Kier alpha value is -4.05. The van der Waals surface area contributed by atoms with Gasteiger partial charge in [0.15, 0.2) is 0 Å². The number of sulfonamides is 1. The fourth-order valence-electron chi connectivity index (χ4n) is 3.08. The molecule has 0 aliphatic carbocycles. The van der Waals surface area contributed by atoms with Gasteiger partial charge in [-0.15, -0.1) is 0 Å². The van der Waals surface area contributed by atoms with Gasteiger partial charge in [0.25, 0.3) is 21.6 Å². The van der Waals surface area contributed by atoms with Crippen molar-refractivity contribution in [3.8, 4) is 0 Å². The van der Waals surface area contributed by atoms with Crippen LogP contribution in [0.4, 0.5) is 5.69 Å². The third-order valence-corrected chi connectivity index (χ3v) is 6.47. The van der Waals surface area contributed by atoms with Gasteiger partial charge < -0.3 is 5.11 Å². The molecule has 0 aromatic heterocycles. The number of hydrogen-bond acceptors (Lipinski definition) is 6. The maximum Gasteiger partial charge on any atom is 0.336 e. The number of amides is 1. The molecule has 0 spiro atoms. The fraction of sp³-hybridized carbons (Fsp3) is 0.0909. The number of carboxylic acid groups (broad SMARTS) is 1. The molecule has 0 saturated carbocycles. The van der Waals surface area contributed by atoms with Crippen LogP contribution in [0.2, 0.25) is 0 Å². The first kappa shape index (κ1) is 22.6. The lowest BCUT2D eigenvalue weighted by Gasteiger charge is -2.23. The molecule has 0 aliphatic heterocycles. The van der Waals surface area contributed by atoms with Gasteiger partial charge in [0, 0.05) is 11.6 Å². The van der Waals surface area contributed by atoms with E-state index in [-0.39, 0.29) is 16.7 Å². The van der Waals surface area contributed by atoms with E-state index in [1.54, 1.807) is 30.3 Å². The van der Waals surface area contributed by atoms with Crippen LogP contribution in [-0.2, 0) is 16.6 Å². The Kier molecular flexibility index (Phi) is 6.35. The molecule has 9 nitrogen and oxygen atoms in total. The maximum atomic E-state index is 13.5. The quantitative estimate of drug-likeness (QED) is 0.425. The summed E-state index contributed by atoms with van der Waals surface area (Å²) in [5.41, 5.74) is -0.365.